The minimum Gasteiger partial charge on any atom is -0.409 e. The number of benzene rings is 1. The highest BCUT2D eigenvalue weighted by molar-refractivity contribution is 6.25. The Morgan fingerprint density at radius 3 is 2.90 bits per heavy atom. The number of rotatable bonds is 2. The van der Waals surface area contributed by atoms with Gasteiger partial charge in [0.15, 0.2) is 0 Å². The Labute approximate surface area is 121 Å². The van der Waals surface area contributed by atoms with Crippen LogP contribution in [-0.2, 0) is 10.3 Å². The van der Waals surface area contributed by atoms with E-state index >= 15 is 0 Å². The fourth-order valence-corrected chi connectivity index (χ4v) is 4.01. The molecule has 1 aromatic rings. The molecule has 2 saturated heterocycles. The van der Waals surface area contributed by atoms with E-state index in [1.54, 1.807) is 0 Å². The van der Waals surface area contributed by atoms with E-state index in [1.165, 1.54) is 30.5 Å². The third-order valence-electron chi connectivity index (χ3n) is 4.92. The van der Waals surface area contributed by atoms with Crippen LogP contribution in [-0.4, -0.2) is 25.0 Å². The van der Waals surface area contributed by atoms with Crippen LogP contribution in [0.1, 0.15) is 31.2 Å². The molecule has 2 heterocycles. The molecule has 2 atom stereocenters. The molecule has 0 amide bonds. The Kier molecular flexibility index (Phi) is 3.05. The number of fused-ring (bicyclic) bond motifs is 1. The average Bonchev–Trinajstić information content (AvgIpc) is 3.11. The van der Waals surface area contributed by atoms with E-state index in [-0.39, 0.29) is 5.60 Å². The van der Waals surface area contributed by atoms with Crippen LogP contribution in [0, 0.1) is 0 Å². The molecule has 0 spiro atoms. The number of allylic oxidation sites excluding steroid dienone is 2. The molecule has 3 heteroatoms. The lowest BCUT2D eigenvalue weighted by atomic mass is 9.77. The van der Waals surface area contributed by atoms with Gasteiger partial charge < -0.3 is 9.47 Å². The summed E-state index contributed by atoms with van der Waals surface area (Å²) in [6, 6.07) is 11.3. The lowest BCUT2D eigenvalue weighted by Crippen LogP contribution is -2.41. The van der Waals surface area contributed by atoms with Crippen LogP contribution < -0.4 is 0 Å². The maximum absolute atomic E-state index is 6.44. The van der Waals surface area contributed by atoms with Crippen LogP contribution >= 0.6 is 0 Å². The van der Waals surface area contributed by atoms with Gasteiger partial charge in [-0.25, -0.2) is 0 Å². The van der Waals surface area contributed by atoms with E-state index in [1.807, 2.05) is 0 Å². The Morgan fingerprint density at radius 2 is 2.10 bits per heavy atom. The van der Waals surface area contributed by atoms with Crippen LogP contribution in [0.2, 0.25) is 0 Å². The fourth-order valence-electron chi connectivity index (χ4n) is 4.01. The highest BCUT2D eigenvalue weighted by atomic mass is 16.5. The quantitative estimate of drug-likeness (QED) is 0.762. The van der Waals surface area contributed by atoms with Crippen molar-refractivity contribution in [3.8, 4) is 0 Å². The van der Waals surface area contributed by atoms with Crippen LogP contribution in [0.25, 0.3) is 0 Å². The maximum atomic E-state index is 6.44. The second kappa shape index (κ2) is 4.90. The first kappa shape index (κ1) is 12.4. The molecule has 2 aliphatic heterocycles. The van der Waals surface area contributed by atoms with Crippen LogP contribution in [0.3, 0.4) is 0 Å². The van der Waals surface area contributed by atoms with Crippen LogP contribution in [0.5, 0.6) is 0 Å². The van der Waals surface area contributed by atoms with Crippen molar-refractivity contribution in [1.29, 1.82) is 0 Å². The van der Waals surface area contributed by atoms with Gasteiger partial charge in [-0.15, -0.1) is 0 Å². The van der Waals surface area contributed by atoms with Gasteiger partial charge in [-0.2, -0.15) is 0 Å². The molecule has 3 aliphatic rings. The van der Waals surface area contributed by atoms with E-state index in [4.69, 9.17) is 4.65 Å². The second-order valence-electron chi connectivity index (χ2n) is 5.98. The molecule has 1 aliphatic carbocycles. The summed E-state index contributed by atoms with van der Waals surface area (Å²) in [7, 11) is 0.769. The van der Waals surface area contributed by atoms with Crippen molar-refractivity contribution in [2.45, 2.75) is 37.3 Å². The topological polar surface area (TPSA) is 12.5 Å². The molecule has 1 aromatic carbocycles. The SMILES string of the molecule is B1OC(C2=CCCC=C2)(c2ccccc2)C2CCCN12. The van der Waals surface area contributed by atoms with Gasteiger partial charge in [0.2, 0.25) is 0 Å². The summed E-state index contributed by atoms with van der Waals surface area (Å²) in [4.78, 5) is 2.51. The Morgan fingerprint density at radius 1 is 1.20 bits per heavy atom. The molecule has 2 nitrogen and oxygen atoms in total. The Hall–Kier alpha value is -1.32. The van der Waals surface area contributed by atoms with Gasteiger partial charge in [0, 0.05) is 6.04 Å². The Balaban J connectivity index is 1.85. The minimum atomic E-state index is -0.241. The second-order valence-corrected chi connectivity index (χ2v) is 5.98. The molecule has 102 valence electrons. The number of hydrogen-bond acceptors (Lipinski definition) is 2. The standard InChI is InChI=1S/C17H20BNO/c1-3-8-14(9-4-1)17(15-10-5-2-6-11-15)16-12-7-13-19(16)18-20-17/h1,3-5,8-11,16,18H,2,6-7,12-13H2. The summed E-state index contributed by atoms with van der Waals surface area (Å²) in [5.74, 6) is 0. The smallest absolute Gasteiger partial charge is 0.364 e. The van der Waals surface area contributed by atoms with Crippen molar-refractivity contribution >= 4 is 7.62 Å². The average molecular weight is 265 g/mol. The lowest BCUT2D eigenvalue weighted by Gasteiger charge is -2.37. The van der Waals surface area contributed by atoms with Gasteiger partial charge in [-0.1, -0.05) is 48.6 Å². The monoisotopic (exact) mass is 265 g/mol. The summed E-state index contributed by atoms with van der Waals surface area (Å²) in [6.07, 6.45) is 11.8. The van der Waals surface area contributed by atoms with Crippen molar-refractivity contribution in [2.24, 2.45) is 0 Å². The first-order chi connectivity index (χ1) is 9.91. The van der Waals surface area contributed by atoms with Gasteiger partial charge in [-0.05, 0) is 43.4 Å². The minimum absolute atomic E-state index is 0.241. The fraction of sp³-hybridized carbons (Fsp3) is 0.412. The first-order valence-corrected chi connectivity index (χ1v) is 7.72. The zero-order valence-electron chi connectivity index (χ0n) is 11.8. The van der Waals surface area contributed by atoms with E-state index < -0.39 is 0 Å². The summed E-state index contributed by atoms with van der Waals surface area (Å²) < 4.78 is 6.44. The first-order valence-electron chi connectivity index (χ1n) is 7.72. The van der Waals surface area contributed by atoms with Gasteiger partial charge in [0.25, 0.3) is 0 Å². The largest absolute Gasteiger partial charge is 0.409 e. The molecule has 0 radical (unpaired) electrons. The summed E-state index contributed by atoms with van der Waals surface area (Å²) in [6.45, 7) is 1.18. The van der Waals surface area contributed by atoms with E-state index in [9.17, 15) is 0 Å². The zero-order valence-corrected chi connectivity index (χ0v) is 11.8. The van der Waals surface area contributed by atoms with Crippen LogP contribution in [0.15, 0.2) is 54.1 Å². The zero-order chi connectivity index (χ0) is 13.4. The molecule has 0 saturated carbocycles. The molecule has 0 N–H and O–H groups in total. The molecule has 0 aromatic heterocycles. The van der Waals surface area contributed by atoms with Gasteiger partial charge in [0.1, 0.15) is 5.60 Å². The predicted octanol–water partition coefficient (Wildman–Crippen LogP) is 2.92. The molecule has 20 heavy (non-hydrogen) atoms. The molecule has 2 fully saturated rings. The van der Waals surface area contributed by atoms with E-state index in [0.29, 0.717) is 6.04 Å². The van der Waals surface area contributed by atoms with Crippen molar-refractivity contribution in [2.75, 3.05) is 6.54 Å². The maximum Gasteiger partial charge on any atom is 0.364 e. The summed E-state index contributed by atoms with van der Waals surface area (Å²) >= 11 is 0. The van der Waals surface area contributed by atoms with Gasteiger partial charge >= 0.3 is 7.62 Å². The van der Waals surface area contributed by atoms with Crippen LogP contribution in [0.4, 0.5) is 0 Å². The molecule has 2 unspecified atom stereocenters. The van der Waals surface area contributed by atoms with Crippen molar-refractivity contribution < 1.29 is 4.65 Å². The highest BCUT2D eigenvalue weighted by Crippen LogP contribution is 2.48. The van der Waals surface area contributed by atoms with Gasteiger partial charge in [0.05, 0.1) is 0 Å². The normalized spacial score (nSPS) is 32.8. The van der Waals surface area contributed by atoms with Gasteiger partial charge in [-0.3, -0.25) is 0 Å². The number of hydrogen-bond donors (Lipinski definition) is 0. The predicted molar refractivity (Wildman–Crippen MR) is 82.5 cm³/mol. The molecular formula is C17H20BNO. The third-order valence-corrected chi connectivity index (χ3v) is 4.92. The van der Waals surface area contributed by atoms with E-state index in [0.717, 1.165) is 20.5 Å². The summed E-state index contributed by atoms with van der Waals surface area (Å²) in [5.41, 5.74) is 2.44. The highest BCUT2D eigenvalue weighted by Gasteiger charge is 2.53. The summed E-state index contributed by atoms with van der Waals surface area (Å²) in [5, 5.41) is 0. The molecular weight excluding hydrogens is 245 g/mol. The van der Waals surface area contributed by atoms with Crippen molar-refractivity contribution in [3.63, 3.8) is 0 Å². The number of nitrogens with zero attached hydrogens (tertiary/aromatic N) is 1. The third kappa shape index (κ3) is 1.73. The van der Waals surface area contributed by atoms with Crippen molar-refractivity contribution in [1.82, 2.24) is 4.81 Å². The lowest BCUT2D eigenvalue weighted by molar-refractivity contribution is 0.107. The molecule has 4 rings (SSSR count). The molecule has 0 bridgehead atoms. The van der Waals surface area contributed by atoms with E-state index in [2.05, 4.69) is 53.4 Å². The Bertz CT molecular complexity index is 553. The van der Waals surface area contributed by atoms with Crippen molar-refractivity contribution in [3.05, 3.63) is 59.7 Å².